The number of piperazine rings is 1. The van der Waals surface area contributed by atoms with Crippen LogP contribution in [0.5, 0.6) is 0 Å². The Kier molecular flexibility index (Phi) is 7.58. The van der Waals surface area contributed by atoms with Crippen molar-refractivity contribution < 1.29 is 14.3 Å². The van der Waals surface area contributed by atoms with Crippen molar-refractivity contribution in [2.24, 2.45) is 0 Å². The molecule has 3 heterocycles. The zero-order valence-corrected chi connectivity index (χ0v) is 24.8. The van der Waals surface area contributed by atoms with E-state index in [0.29, 0.717) is 23.4 Å². The molecule has 0 saturated carbocycles. The Labute approximate surface area is 244 Å². The number of nitrogens with zero attached hydrogens (tertiary/aromatic N) is 5. The molecule has 11 heteroatoms. The van der Waals surface area contributed by atoms with E-state index in [4.69, 9.17) is 16.6 Å². The molecule has 1 N–H and O–H groups in total. The molecule has 1 aliphatic heterocycles. The van der Waals surface area contributed by atoms with Crippen LogP contribution in [0.15, 0.2) is 51.7 Å². The zero-order chi connectivity index (χ0) is 28.9. The molecule has 0 bridgehead atoms. The number of carboxylic acid groups (broad SMARTS) is 1. The van der Waals surface area contributed by atoms with Gasteiger partial charge in [0.15, 0.2) is 5.65 Å². The number of halogens is 3. The first kappa shape index (κ1) is 28.0. The molecule has 0 aliphatic carbocycles. The van der Waals surface area contributed by atoms with Gasteiger partial charge < -0.3 is 14.9 Å². The number of pyridine rings is 1. The summed E-state index contributed by atoms with van der Waals surface area (Å²) in [6.07, 6.45) is -0.995. The third-order valence-electron chi connectivity index (χ3n) is 7.24. The second-order valence-electron chi connectivity index (χ2n) is 10.3. The number of aryl methyl sites for hydroxylation is 1. The number of amides is 1. The van der Waals surface area contributed by atoms with E-state index >= 15 is 0 Å². The molecule has 0 spiro atoms. The molecule has 2 aromatic heterocycles. The van der Waals surface area contributed by atoms with Crippen molar-refractivity contribution in [2.45, 2.75) is 39.7 Å². The molecule has 0 unspecified atom stereocenters. The van der Waals surface area contributed by atoms with E-state index in [0.717, 1.165) is 15.6 Å². The van der Waals surface area contributed by atoms with Gasteiger partial charge in [0.05, 0.1) is 21.8 Å². The number of hydrogen-bond donors (Lipinski definition) is 1. The van der Waals surface area contributed by atoms with Gasteiger partial charge in [-0.25, -0.2) is 23.5 Å². The molecule has 4 aromatic rings. The van der Waals surface area contributed by atoms with Crippen LogP contribution in [-0.4, -0.2) is 56.3 Å². The maximum Gasteiger partial charge on any atom is 0.407 e. The first-order valence-corrected chi connectivity index (χ1v) is 14.1. The summed E-state index contributed by atoms with van der Waals surface area (Å²) in [6.45, 7) is 8.71. The molecule has 2 aromatic carbocycles. The highest BCUT2D eigenvalue weighted by Crippen LogP contribution is 2.37. The molecule has 1 aliphatic rings. The Bertz CT molecular complexity index is 1710. The van der Waals surface area contributed by atoms with Gasteiger partial charge in [-0.05, 0) is 61.2 Å². The maximum atomic E-state index is 14.9. The average Bonchev–Trinajstić information content (AvgIpc) is 2.89. The fraction of sp³-hybridized carbons (Fsp3) is 0.310. The Morgan fingerprint density at radius 2 is 1.90 bits per heavy atom. The van der Waals surface area contributed by atoms with Crippen LogP contribution in [0.1, 0.15) is 37.8 Å². The lowest BCUT2D eigenvalue weighted by Crippen LogP contribution is -2.54. The minimum atomic E-state index is -0.995. The summed E-state index contributed by atoms with van der Waals surface area (Å²) >= 11 is 10.3. The maximum absolute atomic E-state index is 14.9. The molecular weight excluding hydrogens is 601 g/mol. The molecule has 208 valence electrons. The summed E-state index contributed by atoms with van der Waals surface area (Å²) in [6, 6.07) is 11.5. The smallest absolute Gasteiger partial charge is 0.407 e. The van der Waals surface area contributed by atoms with Gasteiger partial charge in [0.1, 0.15) is 11.6 Å². The Hall–Kier alpha value is -3.50. The SMILES string of the molecule is Cc1cc(Br)cc(C(C)C)c1-n1c(=O)nc(N2CCN(C(=O)O)C[C@@H]2C)c2cc(Cl)c(-c3ccccc3F)nc21. The number of fused-ring (bicyclic) bond motifs is 1. The van der Waals surface area contributed by atoms with E-state index in [9.17, 15) is 19.1 Å². The summed E-state index contributed by atoms with van der Waals surface area (Å²) in [7, 11) is 0. The third kappa shape index (κ3) is 4.94. The molecule has 1 fully saturated rings. The van der Waals surface area contributed by atoms with Crippen molar-refractivity contribution in [2.75, 3.05) is 24.5 Å². The van der Waals surface area contributed by atoms with E-state index < -0.39 is 17.6 Å². The van der Waals surface area contributed by atoms with Gasteiger partial charge in [-0.3, -0.25) is 0 Å². The van der Waals surface area contributed by atoms with Gasteiger partial charge >= 0.3 is 11.8 Å². The molecule has 0 radical (unpaired) electrons. The zero-order valence-electron chi connectivity index (χ0n) is 22.5. The summed E-state index contributed by atoms with van der Waals surface area (Å²) in [5.74, 6) is -0.0556. The van der Waals surface area contributed by atoms with Crippen molar-refractivity contribution >= 4 is 50.5 Å². The number of anilines is 1. The monoisotopic (exact) mass is 627 g/mol. The first-order valence-electron chi connectivity index (χ1n) is 12.9. The van der Waals surface area contributed by atoms with Crippen molar-refractivity contribution in [3.63, 3.8) is 0 Å². The van der Waals surface area contributed by atoms with Crippen LogP contribution in [0.25, 0.3) is 28.0 Å². The Balaban J connectivity index is 1.85. The average molecular weight is 629 g/mol. The highest BCUT2D eigenvalue weighted by Gasteiger charge is 2.31. The largest absolute Gasteiger partial charge is 0.465 e. The summed E-state index contributed by atoms with van der Waals surface area (Å²) < 4.78 is 17.3. The number of benzene rings is 2. The van der Waals surface area contributed by atoms with Gasteiger partial charge in [-0.2, -0.15) is 4.98 Å². The lowest BCUT2D eigenvalue weighted by atomic mass is 9.98. The second-order valence-corrected chi connectivity index (χ2v) is 11.6. The third-order valence-corrected chi connectivity index (χ3v) is 7.99. The molecule has 1 saturated heterocycles. The second kappa shape index (κ2) is 10.8. The van der Waals surface area contributed by atoms with Crippen LogP contribution < -0.4 is 10.6 Å². The highest BCUT2D eigenvalue weighted by molar-refractivity contribution is 9.10. The van der Waals surface area contributed by atoms with Gasteiger partial charge in [-0.15, -0.1) is 0 Å². The number of rotatable bonds is 4. The van der Waals surface area contributed by atoms with E-state index in [2.05, 4.69) is 20.9 Å². The highest BCUT2D eigenvalue weighted by atomic mass is 79.9. The van der Waals surface area contributed by atoms with E-state index in [1.807, 2.05) is 44.7 Å². The predicted octanol–water partition coefficient (Wildman–Crippen LogP) is 6.62. The van der Waals surface area contributed by atoms with Crippen LogP contribution in [0.3, 0.4) is 0 Å². The number of carbonyl (C=O) groups is 1. The predicted molar refractivity (Wildman–Crippen MR) is 158 cm³/mol. The van der Waals surface area contributed by atoms with Crippen LogP contribution in [0.4, 0.5) is 15.0 Å². The quantitative estimate of drug-likeness (QED) is 0.273. The Morgan fingerprint density at radius 1 is 1.18 bits per heavy atom. The van der Waals surface area contributed by atoms with Gasteiger partial charge in [-0.1, -0.05) is 53.5 Å². The molecule has 1 atom stereocenters. The lowest BCUT2D eigenvalue weighted by Gasteiger charge is -2.39. The summed E-state index contributed by atoms with van der Waals surface area (Å²) in [4.78, 5) is 38.1. The minimum Gasteiger partial charge on any atom is -0.465 e. The molecule has 1 amide bonds. The van der Waals surface area contributed by atoms with Crippen molar-refractivity contribution in [3.05, 3.63) is 79.4 Å². The van der Waals surface area contributed by atoms with Crippen molar-refractivity contribution in [1.82, 2.24) is 19.4 Å². The lowest BCUT2D eigenvalue weighted by molar-refractivity contribution is 0.136. The molecular formula is C29H28BrClFN5O3. The normalized spacial score (nSPS) is 15.8. The minimum absolute atomic E-state index is 0.0651. The Morgan fingerprint density at radius 3 is 2.55 bits per heavy atom. The standard InChI is InChI=1S/C29H28BrClFN5O3/c1-15(2)20-12-18(30)11-16(3)25(20)37-27-21(13-22(31)24(33-27)19-7-5-6-8-23(19)32)26(34-28(37)38)36-10-9-35(29(39)40)14-17(36)4/h5-8,11-13,15,17H,9-10,14H2,1-4H3,(H,39,40)/t17-/m0/s1. The van der Waals surface area contributed by atoms with Gasteiger partial charge in [0.25, 0.3) is 0 Å². The van der Waals surface area contributed by atoms with E-state index in [1.54, 1.807) is 24.3 Å². The van der Waals surface area contributed by atoms with Gasteiger partial charge in [0.2, 0.25) is 0 Å². The van der Waals surface area contributed by atoms with Crippen LogP contribution >= 0.6 is 27.5 Å². The summed E-state index contributed by atoms with van der Waals surface area (Å²) in [5.41, 5.74) is 2.58. The number of hydrogen-bond acceptors (Lipinski definition) is 5. The van der Waals surface area contributed by atoms with Gasteiger partial charge in [0, 0.05) is 35.7 Å². The fourth-order valence-corrected chi connectivity index (χ4v) is 6.16. The van der Waals surface area contributed by atoms with Crippen molar-refractivity contribution in [3.8, 4) is 16.9 Å². The van der Waals surface area contributed by atoms with E-state index in [1.165, 1.54) is 15.5 Å². The first-order chi connectivity index (χ1) is 19.0. The molecule has 8 nitrogen and oxygen atoms in total. The van der Waals surface area contributed by atoms with Crippen LogP contribution in [-0.2, 0) is 0 Å². The number of aromatic nitrogens is 3. The summed E-state index contributed by atoms with van der Waals surface area (Å²) in [5, 5.41) is 10.2. The van der Waals surface area contributed by atoms with Crippen LogP contribution in [0.2, 0.25) is 5.02 Å². The fourth-order valence-electron chi connectivity index (χ4n) is 5.32. The topological polar surface area (TPSA) is 91.6 Å². The van der Waals surface area contributed by atoms with Crippen LogP contribution in [0, 0.1) is 12.7 Å². The molecule has 40 heavy (non-hydrogen) atoms. The van der Waals surface area contributed by atoms with Crippen molar-refractivity contribution in [1.29, 1.82) is 0 Å². The molecule has 5 rings (SSSR count). The van der Waals surface area contributed by atoms with E-state index in [-0.39, 0.29) is 47.0 Å².